The molecular weight excluding hydrogens is 378 g/mol. The first-order valence-electron chi connectivity index (χ1n) is 9.18. The van der Waals surface area contributed by atoms with Crippen molar-refractivity contribution in [3.63, 3.8) is 0 Å². The third-order valence-electron chi connectivity index (χ3n) is 5.09. The van der Waals surface area contributed by atoms with Gasteiger partial charge in [-0.05, 0) is 43.0 Å². The predicted molar refractivity (Wildman–Crippen MR) is 109 cm³/mol. The number of amides is 1. The van der Waals surface area contributed by atoms with Crippen LogP contribution in [-0.2, 0) is 0 Å². The minimum absolute atomic E-state index is 0.350. The average Bonchev–Trinajstić information content (AvgIpc) is 2.72. The molecule has 0 aliphatic carbocycles. The molecule has 0 saturated carbocycles. The Kier molecular flexibility index (Phi) is 5.25. The van der Waals surface area contributed by atoms with E-state index < -0.39 is 6.09 Å². The third kappa shape index (κ3) is 3.99. The molecule has 1 aliphatic heterocycles. The van der Waals surface area contributed by atoms with E-state index in [-0.39, 0.29) is 0 Å². The fourth-order valence-electron chi connectivity index (χ4n) is 3.61. The molecule has 0 radical (unpaired) electrons. The fourth-order valence-corrected chi connectivity index (χ4v) is 3.78. The lowest BCUT2D eigenvalue weighted by Crippen LogP contribution is -2.38. The number of carbonyl (C=O) groups is 1. The van der Waals surface area contributed by atoms with Gasteiger partial charge in [0.1, 0.15) is 11.0 Å². The maximum Gasteiger partial charge on any atom is 0.404 e. The van der Waals surface area contributed by atoms with Gasteiger partial charge in [0.05, 0.1) is 5.69 Å². The van der Waals surface area contributed by atoms with Crippen LogP contribution in [0.1, 0.15) is 12.8 Å². The zero-order valence-electron chi connectivity index (χ0n) is 15.2. The molecule has 1 aliphatic rings. The molecule has 3 aromatic rings. The van der Waals surface area contributed by atoms with E-state index in [1.165, 1.54) is 0 Å². The second kappa shape index (κ2) is 7.98. The second-order valence-electron chi connectivity index (χ2n) is 6.91. The molecule has 0 unspecified atom stereocenters. The van der Waals surface area contributed by atoms with Crippen molar-refractivity contribution in [2.24, 2.45) is 5.92 Å². The van der Waals surface area contributed by atoms with Gasteiger partial charge < -0.3 is 15.3 Å². The number of hydrogen-bond acceptors (Lipinski definition) is 5. The van der Waals surface area contributed by atoms with Crippen molar-refractivity contribution >= 4 is 34.3 Å². The fraction of sp³-hybridized carbons (Fsp3) is 0.300. The van der Waals surface area contributed by atoms with E-state index in [2.05, 4.69) is 20.2 Å². The number of hydrogen-bond donors (Lipinski definition) is 2. The zero-order valence-corrected chi connectivity index (χ0v) is 15.9. The van der Waals surface area contributed by atoms with E-state index in [1.807, 2.05) is 24.4 Å². The Morgan fingerprint density at radius 1 is 1.25 bits per heavy atom. The summed E-state index contributed by atoms with van der Waals surface area (Å²) in [7, 11) is 0. The van der Waals surface area contributed by atoms with E-state index in [9.17, 15) is 4.79 Å². The molecule has 2 N–H and O–H groups in total. The van der Waals surface area contributed by atoms with Crippen LogP contribution < -0.4 is 10.2 Å². The van der Waals surface area contributed by atoms with Crippen molar-refractivity contribution in [1.82, 2.24) is 20.3 Å². The number of piperidine rings is 1. The molecule has 3 aromatic heterocycles. The Bertz CT molecular complexity index is 1000. The van der Waals surface area contributed by atoms with Crippen LogP contribution in [0.4, 0.5) is 10.6 Å². The smallest absolute Gasteiger partial charge is 0.404 e. The molecule has 4 rings (SSSR count). The van der Waals surface area contributed by atoms with E-state index in [1.54, 1.807) is 18.5 Å². The standard InChI is InChI=1S/C20H20ClN5O2/c21-18-10-14(1-6-23-18)17-9-15-12-22-5-2-16(15)19(25-17)26-7-3-13(4-8-26)11-24-20(27)28/h1-2,5-6,9-10,12-13,24H,3-4,7-8,11H2,(H,27,28). The van der Waals surface area contributed by atoms with Gasteiger partial charge in [-0.2, -0.15) is 0 Å². The highest BCUT2D eigenvalue weighted by Crippen LogP contribution is 2.32. The van der Waals surface area contributed by atoms with Crippen molar-refractivity contribution in [2.45, 2.75) is 12.8 Å². The molecule has 1 saturated heterocycles. The quantitative estimate of drug-likeness (QED) is 0.650. The maximum absolute atomic E-state index is 10.7. The summed E-state index contributed by atoms with van der Waals surface area (Å²) in [5.74, 6) is 1.27. The van der Waals surface area contributed by atoms with Gasteiger partial charge in [0.15, 0.2) is 0 Å². The molecule has 144 valence electrons. The zero-order chi connectivity index (χ0) is 19.5. The molecule has 0 spiro atoms. The molecule has 0 bridgehead atoms. The Morgan fingerprint density at radius 3 is 2.82 bits per heavy atom. The van der Waals surface area contributed by atoms with E-state index in [4.69, 9.17) is 21.7 Å². The van der Waals surface area contributed by atoms with Crippen molar-refractivity contribution in [2.75, 3.05) is 24.5 Å². The van der Waals surface area contributed by atoms with Gasteiger partial charge in [-0.3, -0.25) is 4.98 Å². The Hall–Kier alpha value is -2.93. The Morgan fingerprint density at radius 2 is 2.07 bits per heavy atom. The van der Waals surface area contributed by atoms with Crippen LogP contribution in [-0.4, -0.2) is 45.8 Å². The number of nitrogens with zero attached hydrogens (tertiary/aromatic N) is 4. The first-order valence-corrected chi connectivity index (χ1v) is 9.56. The summed E-state index contributed by atoms with van der Waals surface area (Å²) in [6, 6.07) is 7.70. The summed E-state index contributed by atoms with van der Waals surface area (Å²) in [6.45, 7) is 2.16. The van der Waals surface area contributed by atoms with E-state index in [0.717, 1.165) is 53.8 Å². The van der Waals surface area contributed by atoms with E-state index in [0.29, 0.717) is 17.6 Å². The van der Waals surface area contributed by atoms with Crippen molar-refractivity contribution in [1.29, 1.82) is 0 Å². The van der Waals surface area contributed by atoms with Crippen LogP contribution in [0.15, 0.2) is 42.9 Å². The highest BCUT2D eigenvalue weighted by molar-refractivity contribution is 6.29. The summed E-state index contributed by atoms with van der Waals surface area (Å²) in [5.41, 5.74) is 1.74. The normalized spacial score (nSPS) is 15.0. The number of aromatic nitrogens is 3. The molecule has 7 nitrogen and oxygen atoms in total. The molecule has 28 heavy (non-hydrogen) atoms. The van der Waals surface area contributed by atoms with Gasteiger partial charge >= 0.3 is 6.09 Å². The van der Waals surface area contributed by atoms with Crippen LogP contribution >= 0.6 is 11.6 Å². The molecule has 0 aromatic carbocycles. The van der Waals surface area contributed by atoms with Crippen LogP contribution in [0.5, 0.6) is 0 Å². The number of halogens is 1. The molecule has 1 amide bonds. The van der Waals surface area contributed by atoms with Crippen LogP contribution in [0.3, 0.4) is 0 Å². The molecular formula is C20H20ClN5O2. The summed E-state index contributed by atoms with van der Waals surface area (Å²) in [5, 5.41) is 13.8. The van der Waals surface area contributed by atoms with Crippen molar-refractivity contribution < 1.29 is 9.90 Å². The van der Waals surface area contributed by atoms with Crippen molar-refractivity contribution in [3.8, 4) is 11.3 Å². The van der Waals surface area contributed by atoms with Crippen LogP contribution in [0.25, 0.3) is 22.0 Å². The topological polar surface area (TPSA) is 91.2 Å². The largest absolute Gasteiger partial charge is 0.465 e. The van der Waals surface area contributed by atoms with Gasteiger partial charge in [0, 0.05) is 54.6 Å². The number of fused-ring (bicyclic) bond motifs is 1. The number of carboxylic acid groups (broad SMARTS) is 1. The van der Waals surface area contributed by atoms with Crippen LogP contribution in [0, 0.1) is 5.92 Å². The number of nitrogens with one attached hydrogen (secondary N) is 1. The Labute approximate surface area is 167 Å². The molecule has 0 atom stereocenters. The number of pyridine rings is 3. The first-order chi connectivity index (χ1) is 13.6. The Balaban J connectivity index is 1.64. The maximum atomic E-state index is 10.7. The summed E-state index contributed by atoms with van der Waals surface area (Å²) in [6.07, 6.45) is 6.16. The van der Waals surface area contributed by atoms with Gasteiger partial charge in [-0.15, -0.1) is 0 Å². The van der Waals surface area contributed by atoms with Gasteiger partial charge in [-0.1, -0.05) is 11.6 Å². The first kappa shape index (κ1) is 18.4. The lowest BCUT2D eigenvalue weighted by Gasteiger charge is -2.33. The lowest BCUT2D eigenvalue weighted by atomic mass is 9.96. The number of anilines is 1. The summed E-state index contributed by atoms with van der Waals surface area (Å²) in [4.78, 5) is 26.2. The van der Waals surface area contributed by atoms with Gasteiger partial charge in [0.2, 0.25) is 0 Å². The third-order valence-corrected chi connectivity index (χ3v) is 5.30. The predicted octanol–water partition coefficient (Wildman–Crippen LogP) is 3.83. The summed E-state index contributed by atoms with van der Waals surface area (Å²) >= 11 is 6.06. The number of rotatable bonds is 4. The SMILES string of the molecule is O=C(O)NCC1CCN(c2nc(-c3ccnc(Cl)c3)cc3cnccc23)CC1. The molecule has 1 fully saturated rings. The van der Waals surface area contributed by atoms with Crippen molar-refractivity contribution in [3.05, 3.63) is 48.0 Å². The molecule has 4 heterocycles. The van der Waals surface area contributed by atoms with Gasteiger partial charge in [0.25, 0.3) is 0 Å². The molecule has 8 heteroatoms. The minimum Gasteiger partial charge on any atom is -0.465 e. The monoisotopic (exact) mass is 397 g/mol. The average molecular weight is 398 g/mol. The van der Waals surface area contributed by atoms with E-state index >= 15 is 0 Å². The van der Waals surface area contributed by atoms with Gasteiger partial charge in [-0.25, -0.2) is 14.8 Å². The highest BCUT2D eigenvalue weighted by atomic mass is 35.5. The highest BCUT2D eigenvalue weighted by Gasteiger charge is 2.22. The minimum atomic E-state index is -0.966. The summed E-state index contributed by atoms with van der Waals surface area (Å²) < 4.78 is 0. The second-order valence-corrected chi connectivity index (χ2v) is 7.30. The lowest BCUT2D eigenvalue weighted by molar-refractivity contribution is 0.191. The van der Waals surface area contributed by atoms with Crippen LogP contribution in [0.2, 0.25) is 5.15 Å².